The van der Waals surface area contributed by atoms with Gasteiger partial charge in [0.05, 0.1) is 0 Å². The monoisotopic (exact) mass is 542 g/mol. The second-order valence-corrected chi connectivity index (χ2v) is 14.5. The normalized spacial score (nSPS) is 25.2. The van der Waals surface area contributed by atoms with Crippen molar-refractivity contribution < 1.29 is 0 Å². The minimum atomic E-state index is 0.291. The van der Waals surface area contributed by atoms with Gasteiger partial charge in [-0.25, -0.2) is 0 Å². The molecule has 0 saturated carbocycles. The van der Waals surface area contributed by atoms with Crippen molar-refractivity contribution in [2.24, 2.45) is 17.8 Å². The Kier molecular flexibility index (Phi) is 11.0. The third-order valence-electron chi connectivity index (χ3n) is 9.94. The summed E-state index contributed by atoms with van der Waals surface area (Å²) in [6, 6.07) is 14.9. The molecule has 0 aromatic heterocycles. The Balaban J connectivity index is 1.70. The summed E-state index contributed by atoms with van der Waals surface area (Å²) < 4.78 is 0. The van der Waals surface area contributed by atoms with Crippen molar-refractivity contribution in [1.82, 2.24) is 0 Å². The van der Waals surface area contributed by atoms with Crippen LogP contribution in [0.15, 0.2) is 66.1 Å². The maximum absolute atomic E-state index is 3.98. The van der Waals surface area contributed by atoms with Gasteiger partial charge in [-0.1, -0.05) is 88.6 Å². The molecular formula is C38H54S. The maximum Gasteiger partial charge on any atom is 0.00946 e. The van der Waals surface area contributed by atoms with E-state index in [1.165, 1.54) is 81.1 Å². The second-order valence-electron chi connectivity index (χ2n) is 13.1. The Bertz CT molecular complexity index is 1110. The highest BCUT2D eigenvalue weighted by Gasteiger charge is 2.38. The molecule has 0 amide bonds. The van der Waals surface area contributed by atoms with Crippen LogP contribution in [-0.4, -0.2) is 5.25 Å². The summed E-state index contributed by atoms with van der Waals surface area (Å²) in [6.07, 6.45) is 22.2. The number of benzene rings is 2. The molecule has 0 aliphatic heterocycles. The average Bonchev–Trinajstić information content (AvgIpc) is 2.91. The van der Waals surface area contributed by atoms with Crippen molar-refractivity contribution in [3.63, 3.8) is 0 Å². The van der Waals surface area contributed by atoms with Crippen LogP contribution in [0.5, 0.6) is 0 Å². The lowest BCUT2D eigenvalue weighted by molar-refractivity contribution is 0.270. The molecule has 1 spiro atoms. The van der Waals surface area contributed by atoms with Crippen molar-refractivity contribution in [2.75, 3.05) is 0 Å². The van der Waals surface area contributed by atoms with Crippen LogP contribution in [-0.2, 0) is 24.7 Å². The minimum absolute atomic E-state index is 0.291. The number of thioether (sulfide) groups is 1. The van der Waals surface area contributed by atoms with E-state index in [2.05, 4.69) is 108 Å². The Hall–Kier alpha value is -1.73. The fraction of sp³-hybridized carbons (Fsp3) is 0.579. The van der Waals surface area contributed by atoms with Crippen LogP contribution in [0.25, 0.3) is 0 Å². The molecule has 2 aromatic rings. The largest absolute Gasteiger partial charge is 0.123 e. The zero-order chi connectivity index (χ0) is 27.8. The number of allylic oxidation sites excluding steroid dienone is 3. The number of fused-ring (bicyclic) bond motifs is 3. The lowest BCUT2D eigenvalue weighted by Gasteiger charge is -2.42. The highest BCUT2D eigenvalue weighted by molar-refractivity contribution is 8.00. The maximum atomic E-state index is 3.98. The first-order valence-electron chi connectivity index (χ1n) is 16.0. The molecule has 5 atom stereocenters. The molecule has 5 unspecified atom stereocenters. The predicted molar refractivity (Wildman–Crippen MR) is 174 cm³/mol. The number of rotatable bonds is 9. The zero-order valence-electron chi connectivity index (χ0n) is 25.6. The molecule has 0 N–H and O–H groups in total. The van der Waals surface area contributed by atoms with Crippen molar-refractivity contribution >= 4 is 11.8 Å². The van der Waals surface area contributed by atoms with Gasteiger partial charge in [-0.3, -0.25) is 0 Å². The number of hydrogen-bond acceptors (Lipinski definition) is 1. The number of unbranched alkanes of at least 4 members (excludes halogenated alkanes) is 1. The van der Waals surface area contributed by atoms with E-state index in [4.69, 9.17) is 0 Å². The van der Waals surface area contributed by atoms with Crippen LogP contribution in [0.1, 0.15) is 113 Å². The van der Waals surface area contributed by atoms with Gasteiger partial charge in [0.2, 0.25) is 0 Å². The van der Waals surface area contributed by atoms with Crippen molar-refractivity contribution in [1.29, 1.82) is 0 Å². The van der Waals surface area contributed by atoms with Crippen LogP contribution in [0, 0.1) is 24.7 Å². The topological polar surface area (TPSA) is 0 Å². The Morgan fingerprint density at radius 2 is 1.85 bits per heavy atom. The van der Waals surface area contributed by atoms with Crippen LogP contribution in [0.2, 0.25) is 0 Å². The molecule has 39 heavy (non-hydrogen) atoms. The first-order chi connectivity index (χ1) is 18.8. The van der Waals surface area contributed by atoms with Gasteiger partial charge in [0.15, 0.2) is 0 Å². The highest BCUT2D eigenvalue weighted by Crippen LogP contribution is 2.46. The van der Waals surface area contributed by atoms with E-state index >= 15 is 0 Å². The zero-order valence-corrected chi connectivity index (χ0v) is 26.4. The number of hydrogen-bond donors (Lipinski definition) is 0. The van der Waals surface area contributed by atoms with E-state index < -0.39 is 0 Å². The summed E-state index contributed by atoms with van der Waals surface area (Å²) in [4.78, 5) is 1.45. The quantitative estimate of drug-likeness (QED) is 0.224. The molecular weight excluding hydrogens is 488 g/mol. The van der Waals surface area contributed by atoms with E-state index in [1.54, 1.807) is 22.3 Å². The molecule has 4 rings (SSSR count). The lowest BCUT2D eigenvalue weighted by atomic mass is 9.62. The van der Waals surface area contributed by atoms with E-state index in [0.29, 0.717) is 22.5 Å². The van der Waals surface area contributed by atoms with Gasteiger partial charge in [-0.2, -0.15) is 0 Å². The first kappa shape index (κ1) is 30.2. The van der Waals surface area contributed by atoms with Gasteiger partial charge in [0.1, 0.15) is 0 Å². The molecule has 0 bridgehead atoms. The van der Waals surface area contributed by atoms with Crippen LogP contribution < -0.4 is 0 Å². The third-order valence-corrected chi connectivity index (χ3v) is 11.3. The van der Waals surface area contributed by atoms with Crippen LogP contribution >= 0.6 is 11.8 Å². The molecule has 212 valence electrons. The summed E-state index contributed by atoms with van der Waals surface area (Å²) in [5, 5.41) is 0.592. The highest BCUT2D eigenvalue weighted by atomic mass is 32.2. The molecule has 0 heterocycles. The van der Waals surface area contributed by atoms with Crippen molar-refractivity contribution in [3.8, 4) is 0 Å². The van der Waals surface area contributed by atoms with Gasteiger partial charge in [-0.15, -0.1) is 18.3 Å². The van der Waals surface area contributed by atoms with E-state index in [9.17, 15) is 0 Å². The predicted octanol–water partition coefficient (Wildman–Crippen LogP) is 11.2. The fourth-order valence-corrected chi connectivity index (χ4v) is 8.45. The summed E-state index contributed by atoms with van der Waals surface area (Å²) in [6.45, 7) is 15.8. The molecule has 0 fully saturated rings. The molecule has 2 aromatic carbocycles. The van der Waals surface area contributed by atoms with Crippen LogP contribution in [0.3, 0.4) is 0 Å². The van der Waals surface area contributed by atoms with Gasteiger partial charge >= 0.3 is 0 Å². The molecule has 0 radical (unpaired) electrons. The third kappa shape index (κ3) is 7.72. The summed E-state index contributed by atoms with van der Waals surface area (Å²) >= 11 is 2.07. The van der Waals surface area contributed by atoms with Gasteiger partial charge in [0.25, 0.3) is 0 Å². The van der Waals surface area contributed by atoms with Crippen molar-refractivity contribution in [2.45, 2.75) is 127 Å². The molecule has 1 heteroatoms. The first-order valence-corrected chi connectivity index (χ1v) is 16.9. The second kappa shape index (κ2) is 14.2. The molecule has 2 aliphatic carbocycles. The number of aryl methyl sites for hydroxylation is 2. The Morgan fingerprint density at radius 3 is 2.64 bits per heavy atom. The van der Waals surface area contributed by atoms with Crippen LogP contribution in [0.4, 0.5) is 0 Å². The smallest absolute Gasteiger partial charge is 0.00946 e. The van der Waals surface area contributed by atoms with E-state index in [0.717, 1.165) is 12.3 Å². The van der Waals surface area contributed by atoms with Gasteiger partial charge < -0.3 is 0 Å². The molecule has 2 aliphatic rings. The lowest BCUT2D eigenvalue weighted by Crippen LogP contribution is -2.35. The van der Waals surface area contributed by atoms with Gasteiger partial charge in [-0.05, 0) is 129 Å². The van der Waals surface area contributed by atoms with Crippen molar-refractivity contribution in [3.05, 3.63) is 89.0 Å². The van der Waals surface area contributed by atoms with E-state index in [1.807, 2.05) is 0 Å². The standard InChI is InChI=1S/C38H54S/c1-7-9-10-11-15-32-16-12-22-38(23-13-17-33-24-28(3)18-21-37(33)38)27-34-19-20-36(26-35(34)25-30(32)5)39-31(6)29(4)14-8-2/h8,10-11,18-21,24,26,29-32H,2,7,9,12-17,22-23,25,27H2,1,3-6H3/b11-10+. The summed E-state index contributed by atoms with van der Waals surface area (Å²) in [5.41, 5.74) is 8.25. The average molecular weight is 543 g/mol. The van der Waals surface area contributed by atoms with E-state index in [-0.39, 0.29) is 0 Å². The molecule has 0 saturated heterocycles. The summed E-state index contributed by atoms with van der Waals surface area (Å²) in [7, 11) is 0. The molecule has 0 nitrogen and oxygen atoms in total. The Morgan fingerprint density at radius 1 is 1.03 bits per heavy atom. The minimum Gasteiger partial charge on any atom is -0.123 e. The summed E-state index contributed by atoms with van der Waals surface area (Å²) in [5.74, 6) is 2.12. The SMILES string of the molecule is C=CCC(C)C(C)Sc1ccc2c(c1)CC(C)C(C/C=C/CCC)CCCC1(CCCc3cc(C)ccc31)C2. The Labute approximate surface area is 245 Å². The van der Waals surface area contributed by atoms with Gasteiger partial charge in [0, 0.05) is 10.1 Å². The fourth-order valence-electron chi connectivity index (χ4n) is 7.32.